The lowest BCUT2D eigenvalue weighted by Crippen LogP contribution is -2.33. The molecule has 1 unspecified atom stereocenters. The van der Waals surface area contributed by atoms with E-state index in [-0.39, 0.29) is 0 Å². The van der Waals surface area contributed by atoms with Crippen LogP contribution in [0.15, 0.2) is 16.7 Å². The minimum atomic E-state index is 0.400. The first kappa shape index (κ1) is 14.1. The predicted molar refractivity (Wildman–Crippen MR) is 78.5 cm³/mol. The Morgan fingerprint density at radius 3 is 2.95 bits per heavy atom. The molecule has 1 aliphatic carbocycles. The number of nitrogens with zero attached hydrogens (tertiary/aromatic N) is 1. The van der Waals surface area contributed by atoms with Gasteiger partial charge in [0.2, 0.25) is 0 Å². The molecule has 0 aromatic carbocycles. The van der Waals surface area contributed by atoms with E-state index >= 15 is 0 Å². The van der Waals surface area contributed by atoms with E-state index < -0.39 is 0 Å². The van der Waals surface area contributed by atoms with E-state index in [9.17, 15) is 0 Å². The molecule has 1 atom stereocenters. The number of nitrogens with one attached hydrogen (secondary N) is 1. The third-order valence-corrected chi connectivity index (χ3v) is 4.20. The highest BCUT2D eigenvalue weighted by Crippen LogP contribution is 2.21. The third kappa shape index (κ3) is 4.08. The fraction of sp³-hybridized carbons (Fsp3) is 0.750. The standard InChI is InChI=1S/C16H26N2O2/c1-18(11-15-4-2-3-8-19-15)12-16-13(7-9-20-16)10-17-14-5-6-14/h7,9,14-15,17H,2-6,8,10-12H2,1H3. The molecule has 0 bridgehead atoms. The molecule has 2 heterocycles. The zero-order valence-electron chi connectivity index (χ0n) is 12.4. The molecule has 1 saturated heterocycles. The van der Waals surface area contributed by atoms with Crippen molar-refractivity contribution in [3.05, 3.63) is 23.7 Å². The van der Waals surface area contributed by atoms with Gasteiger partial charge in [-0.15, -0.1) is 0 Å². The van der Waals surface area contributed by atoms with E-state index in [4.69, 9.17) is 9.15 Å². The molecule has 20 heavy (non-hydrogen) atoms. The van der Waals surface area contributed by atoms with Gasteiger partial charge in [0.15, 0.2) is 0 Å². The van der Waals surface area contributed by atoms with E-state index in [1.54, 1.807) is 0 Å². The minimum Gasteiger partial charge on any atom is -0.468 e. The quantitative estimate of drug-likeness (QED) is 0.831. The average Bonchev–Trinajstić information content (AvgIpc) is 3.18. The molecule has 4 heteroatoms. The summed E-state index contributed by atoms with van der Waals surface area (Å²) in [5.74, 6) is 1.09. The van der Waals surface area contributed by atoms with Crippen molar-refractivity contribution in [2.75, 3.05) is 20.2 Å². The summed E-state index contributed by atoms with van der Waals surface area (Å²) in [5, 5.41) is 3.55. The van der Waals surface area contributed by atoms with Gasteiger partial charge in [0, 0.05) is 31.3 Å². The SMILES string of the molecule is CN(Cc1occc1CNC1CC1)CC1CCCCO1. The van der Waals surface area contributed by atoms with Gasteiger partial charge in [-0.3, -0.25) is 4.90 Å². The van der Waals surface area contributed by atoms with Gasteiger partial charge in [-0.2, -0.15) is 0 Å². The summed E-state index contributed by atoms with van der Waals surface area (Å²) in [6.07, 6.45) is 8.57. The first-order chi connectivity index (χ1) is 9.81. The fourth-order valence-corrected chi connectivity index (χ4v) is 2.81. The molecular formula is C16H26N2O2. The zero-order valence-corrected chi connectivity index (χ0v) is 12.4. The smallest absolute Gasteiger partial charge is 0.122 e. The lowest BCUT2D eigenvalue weighted by Gasteiger charge is -2.27. The van der Waals surface area contributed by atoms with Crippen LogP contribution in [-0.2, 0) is 17.8 Å². The molecule has 2 fully saturated rings. The predicted octanol–water partition coefficient (Wildman–Crippen LogP) is 2.53. The molecule has 0 radical (unpaired) electrons. The molecule has 4 nitrogen and oxygen atoms in total. The topological polar surface area (TPSA) is 37.6 Å². The van der Waals surface area contributed by atoms with Gasteiger partial charge in [-0.05, 0) is 45.2 Å². The van der Waals surface area contributed by atoms with Crippen molar-refractivity contribution in [1.82, 2.24) is 10.2 Å². The summed E-state index contributed by atoms with van der Waals surface area (Å²) >= 11 is 0. The van der Waals surface area contributed by atoms with E-state index in [2.05, 4.69) is 23.3 Å². The Kier molecular flexibility index (Phi) is 4.76. The van der Waals surface area contributed by atoms with Gasteiger partial charge in [0.05, 0.1) is 18.9 Å². The van der Waals surface area contributed by atoms with Crippen LogP contribution in [-0.4, -0.2) is 37.2 Å². The first-order valence-electron chi connectivity index (χ1n) is 7.90. The van der Waals surface area contributed by atoms with E-state index in [1.807, 2.05) is 6.26 Å². The molecule has 1 aliphatic heterocycles. The number of rotatable bonds is 7. The minimum absolute atomic E-state index is 0.400. The van der Waals surface area contributed by atoms with Gasteiger partial charge in [-0.25, -0.2) is 0 Å². The second-order valence-corrected chi connectivity index (χ2v) is 6.21. The van der Waals surface area contributed by atoms with Gasteiger partial charge in [0.25, 0.3) is 0 Å². The molecule has 1 aromatic heterocycles. The lowest BCUT2D eigenvalue weighted by atomic mass is 10.1. The van der Waals surface area contributed by atoms with Crippen LogP contribution < -0.4 is 5.32 Å². The first-order valence-corrected chi connectivity index (χ1v) is 7.90. The van der Waals surface area contributed by atoms with E-state index in [0.29, 0.717) is 6.10 Å². The van der Waals surface area contributed by atoms with Gasteiger partial charge in [-0.1, -0.05) is 0 Å². The average molecular weight is 278 g/mol. The summed E-state index contributed by atoms with van der Waals surface area (Å²) in [4.78, 5) is 2.31. The number of furan rings is 1. The van der Waals surface area contributed by atoms with Crippen molar-refractivity contribution in [3.8, 4) is 0 Å². The van der Waals surface area contributed by atoms with Crippen LogP contribution in [0.3, 0.4) is 0 Å². The maximum absolute atomic E-state index is 5.80. The zero-order chi connectivity index (χ0) is 13.8. The second kappa shape index (κ2) is 6.74. The lowest BCUT2D eigenvalue weighted by molar-refractivity contribution is -0.00343. The fourth-order valence-electron chi connectivity index (χ4n) is 2.81. The molecule has 0 amide bonds. The summed E-state index contributed by atoms with van der Waals surface area (Å²) in [6, 6.07) is 2.83. The molecule has 2 aliphatic rings. The van der Waals surface area contributed by atoms with E-state index in [0.717, 1.165) is 38.0 Å². The van der Waals surface area contributed by atoms with Crippen molar-refractivity contribution >= 4 is 0 Å². The van der Waals surface area contributed by atoms with Crippen molar-refractivity contribution in [2.24, 2.45) is 0 Å². The van der Waals surface area contributed by atoms with Gasteiger partial charge in [0.1, 0.15) is 5.76 Å². The van der Waals surface area contributed by atoms with Crippen LogP contribution in [0, 0.1) is 0 Å². The van der Waals surface area contributed by atoms with Gasteiger partial charge < -0.3 is 14.5 Å². The number of hydrogen-bond donors (Lipinski definition) is 1. The van der Waals surface area contributed by atoms with Crippen LogP contribution in [0.4, 0.5) is 0 Å². The molecule has 112 valence electrons. The highest BCUT2D eigenvalue weighted by Gasteiger charge is 2.21. The Bertz CT molecular complexity index is 408. The molecule has 0 spiro atoms. The molecule has 1 N–H and O–H groups in total. The summed E-state index contributed by atoms with van der Waals surface area (Å²) in [5.41, 5.74) is 1.30. The molecular weight excluding hydrogens is 252 g/mol. The van der Waals surface area contributed by atoms with Crippen molar-refractivity contribution < 1.29 is 9.15 Å². The van der Waals surface area contributed by atoms with Crippen molar-refractivity contribution in [2.45, 2.75) is 57.3 Å². The number of likely N-dealkylation sites (N-methyl/N-ethyl adjacent to an activating group) is 1. The Morgan fingerprint density at radius 1 is 1.30 bits per heavy atom. The normalized spacial score (nSPS) is 23.4. The third-order valence-electron chi connectivity index (χ3n) is 4.20. The van der Waals surface area contributed by atoms with Gasteiger partial charge >= 0.3 is 0 Å². The van der Waals surface area contributed by atoms with Crippen LogP contribution >= 0.6 is 0 Å². The highest BCUT2D eigenvalue weighted by atomic mass is 16.5. The molecule has 1 saturated carbocycles. The summed E-state index contributed by atoms with van der Waals surface area (Å²) in [6.45, 7) is 3.73. The van der Waals surface area contributed by atoms with E-state index in [1.165, 1.54) is 37.7 Å². The monoisotopic (exact) mass is 278 g/mol. The largest absolute Gasteiger partial charge is 0.468 e. The van der Waals surface area contributed by atoms with Crippen LogP contribution in [0.5, 0.6) is 0 Å². The maximum Gasteiger partial charge on any atom is 0.122 e. The van der Waals surface area contributed by atoms with Crippen molar-refractivity contribution in [1.29, 1.82) is 0 Å². The summed E-state index contributed by atoms with van der Waals surface area (Å²) < 4.78 is 11.5. The Morgan fingerprint density at radius 2 is 2.20 bits per heavy atom. The van der Waals surface area contributed by atoms with Crippen LogP contribution in [0.1, 0.15) is 43.4 Å². The number of ether oxygens (including phenoxy) is 1. The maximum atomic E-state index is 5.80. The Labute approximate surface area is 121 Å². The Balaban J connectivity index is 1.47. The van der Waals surface area contributed by atoms with Crippen LogP contribution in [0.2, 0.25) is 0 Å². The van der Waals surface area contributed by atoms with Crippen LogP contribution in [0.25, 0.3) is 0 Å². The molecule has 1 aromatic rings. The van der Waals surface area contributed by atoms with Crippen molar-refractivity contribution in [3.63, 3.8) is 0 Å². The second-order valence-electron chi connectivity index (χ2n) is 6.21. The highest BCUT2D eigenvalue weighted by molar-refractivity contribution is 5.17. The molecule has 3 rings (SSSR count). The summed E-state index contributed by atoms with van der Waals surface area (Å²) in [7, 11) is 2.15. The number of hydrogen-bond acceptors (Lipinski definition) is 4. The Hall–Kier alpha value is -0.840.